The molecule has 2 N–H and O–H groups in total. The molecule has 7 heteroatoms. The van der Waals surface area contributed by atoms with Crippen LogP contribution in [-0.4, -0.2) is 47.2 Å². The second kappa shape index (κ2) is 6.08. The molecule has 1 amide bonds. The number of amides is 1. The van der Waals surface area contributed by atoms with E-state index in [0.29, 0.717) is 12.5 Å². The Balaban J connectivity index is 1.91. The molecule has 1 aromatic rings. The summed E-state index contributed by atoms with van der Waals surface area (Å²) >= 11 is 0. The van der Waals surface area contributed by atoms with E-state index in [4.69, 9.17) is 9.63 Å². The third-order valence-electron chi connectivity index (χ3n) is 4.51. The number of aromatic nitrogens is 1. The van der Waals surface area contributed by atoms with Gasteiger partial charge in [-0.2, -0.15) is 0 Å². The molecule has 0 spiro atoms. The molecule has 0 bridgehead atoms. The fourth-order valence-corrected chi connectivity index (χ4v) is 2.92. The summed E-state index contributed by atoms with van der Waals surface area (Å²) < 4.78 is 5.30. The molecular formula is C15H23N3O4. The quantitative estimate of drug-likeness (QED) is 0.784. The van der Waals surface area contributed by atoms with E-state index in [0.717, 1.165) is 24.3 Å². The maximum atomic E-state index is 11.3. The first-order chi connectivity index (χ1) is 10.2. The van der Waals surface area contributed by atoms with E-state index in [9.17, 15) is 9.59 Å². The molecule has 1 heterocycles. The molecule has 22 heavy (non-hydrogen) atoms. The van der Waals surface area contributed by atoms with Crippen molar-refractivity contribution >= 4 is 11.9 Å². The lowest BCUT2D eigenvalue weighted by atomic mass is 9.57. The van der Waals surface area contributed by atoms with Crippen molar-refractivity contribution in [2.45, 2.75) is 39.3 Å². The maximum Gasteiger partial charge on any atom is 0.394 e. The molecule has 1 aliphatic rings. The van der Waals surface area contributed by atoms with Gasteiger partial charge in [0.2, 0.25) is 0 Å². The van der Waals surface area contributed by atoms with Crippen LogP contribution in [0.15, 0.2) is 10.6 Å². The number of carboxylic acid groups (broad SMARTS) is 1. The second-order valence-corrected chi connectivity index (χ2v) is 6.81. The minimum absolute atomic E-state index is 0.116. The predicted molar refractivity (Wildman–Crippen MR) is 79.1 cm³/mol. The van der Waals surface area contributed by atoms with E-state index in [1.54, 1.807) is 0 Å². The third-order valence-corrected chi connectivity index (χ3v) is 4.51. The van der Waals surface area contributed by atoms with E-state index in [-0.39, 0.29) is 11.5 Å². The van der Waals surface area contributed by atoms with Crippen LogP contribution < -0.4 is 5.32 Å². The number of carbonyl (C=O) groups excluding carboxylic acids is 1. The molecule has 0 saturated heterocycles. The van der Waals surface area contributed by atoms with Crippen molar-refractivity contribution in [2.75, 3.05) is 14.1 Å². The van der Waals surface area contributed by atoms with Crippen molar-refractivity contribution < 1.29 is 19.2 Å². The van der Waals surface area contributed by atoms with Gasteiger partial charge >= 0.3 is 11.9 Å². The SMILES string of the molecule is CN(C)Cc1cc(CC2CC(NC(=O)C(=O)O)C2(C)C)no1. The molecule has 2 unspecified atom stereocenters. The lowest BCUT2D eigenvalue weighted by molar-refractivity contribution is -0.152. The van der Waals surface area contributed by atoms with Crippen LogP contribution in [0.5, 0.6) is 0 Å². The van der Waals surface area contributed by atoms with Crippen LogP contribution in [-0.2, 0) is 22.6 Å². The highest BCUT2D eigenvalue weighted by Crippen LogP contribution is 2.47. The van der Waals surface area contributed by atoms with E-state index in [1.807, 2.05) is 38.9 Å². The first-order valence-electron chi connectivity index (χ1n) is 7.33. The number of nitrogens with one attached hydrogen (secondary N) is 1. The predicted octanol–water partition coefficient (Wildman–Crippen LogP) is 0.894. The molecule has 7 nitrogen and oxygen atoms in total. The number of nitrogens with zero attached hydrogens (tertiary/aromatic N) is 2. The van der Waals surface area contributed by atoms with Gasteiger partial charge < -0.3 is 19.8 Å². The third kappa shape index (κ3) is 3.47. The Morgan fingerprint density at radius 1 is 1.50 bits per heavy atom. The molecule has 0 radical (unpaired) electrons. The van der Waals surface area contributed by atoms with Gasteiger partial charge in [0.15, 0.2) is 5.76 Å². The lowest BCUT2D eigenvalue weighted by Gasteiger charge is -2.52. The molecule has 2 rings (SSSR count). The maximum absolute atomic E-state index is 11.3. The van der Waals surface area contributed by atoms with Crippen LogP contribution in [0, 0.1) is 11.3 Å². The summed E-state index contributed by atoms with van der Waals surface area (Å²) in [5.74, 6) is -1.22. The topological polar surface area (TPSA) is 95.7 Å². The van der Waals surface area contributed by atoms with Crippen molar-refractivity contribution in [1.82, 2.24) is 15.4 Å². The van der Waals surface area contributed by atoms with Crippen molar-refractivity contribution in [1.29, 1.82) is 0 Å². The first-order valence-corrected chi connectivity index (χ1v) is 7.33. The Labute approximate surface area is 129 Å². The summed E-state index contributed by atoms with van der Waals surface area (Å²) in [6, 6.07) is 1.84. The minimum Gasteiger partial charge on any atom is -0.474 e. The van der Waals surface area contributed by atoms with Crippen LogP contribution in [0.3, 0.4) is 0 Å². The molecule has 2 atom stereocenters. The van der Waals surface area contributed by atoms with Crippen LogP contribution in [0.1, 0.15) is 31.7 Å². The van der Waals surface area contributed by atoms with Gasteiger partial charge in [-0.1, -0.05) is 19.0 Å². The summed E-state index contributed by atoms with van der Waals surface area (Å²) in [6.45, 7) is 4.78. The molecule has 122 valence electrons. The summed E-state index contributed by atoms with van der Waals surface area (Å²) in [7, 11) is 3.93. The molecule has 1 saturated carbocycles. The number of hydrogen-bond acceptors (Lipinski definition) is 5. The molecule has 1 fully saturated rings. The fourth-order valence-electron chi connectivity index (χ4n) is 2.92. The summed E-state index contributed by atoms with van der Waals surface area (Å²) in [6.07, 6.45) is 1.52. The Bertz CT molecular complexity index is 565. The van der Waals surface area contributed by atoms with Gasteiger partial charge in [0.25, 0.3) is 0 Å². The van der Waals surface area contributed by atoms with Crippen molar-refractivity contribution in [3.63, 3.8) is 0 Å². The Morgan fingerprint density at radius 2 is 2.18 bits per heavy atom. The van der Waals surface area contributed by atoms with Gasteiger partial charge in [-0.15, -0.1) is 0 Å². The smallest absolute Gasteiger partial charge is 0.394 e. The summed E-state index contributed by atoms with van der Waals surface area (Å²) in [5.41, 5.74) is 0.740. The average Bonchev–Trinajstić information content (AvgIpc) is 2.83. The molecule has 0 aromatic carbocycles. The van der Waals surface area contributed by atoms with Crippen LogP contribution in [0.2, 0.25) is 0 Å². The molecule has 1 aromatic heterocycles. The van der Waals surface area contributed by atoms with E-state index >= 15 is 0 Å². The largest absolute Gasteiger partial charge is 0.474 e. The fraction of sp³-hybridized carbons (Fsp3) is 0.667. The highest BCUT2D eigenvalue weighted by Gasteiger charge is 2.49. The Kier molecular flexibility index (Phi) is 4.55. The second-order valence-electron chi connectivity index (χ2n) is 6.81. The molecular weight excluding hydrogens is 286 g/mol. The van der Waals surface area contributed by atoms with Crippen molar-refractivity contribution in [3.8, 4) is 0 Å². The lowest BCUT2D eigenvalue weighted by Crippen LogP contribution is -2.59. The van der Waals surface area contributed by atoms with Crippen LogP contribution in [0.4, 0.5) is 0 Å². The number of aliphatic carboxylic acids is 1. The highest BCUT2D eigenvalue weighted by atomic mass is 16.5. The van der Waals surface area contributed by atoms with E-state index in [2.05, 4.69) is 10.5 Å². The zero-order chi connectivity index (χ0) is 16.5. The van der Waals surface area contributed by atoms with Gasteiger partial charge in [-0.25, -0.2) is 4.79 Å². The standard InChI is InChI=1S/C15H23N3O4/c1-15(2)9(6-12(15)16-13(19)14(20)21)5-10-7-11(22-17-10)8-18(3)4/h7,9,12H,5-6,8H2,1-4H3,(H,16,19)(H,20,21). The Morgan fingerprint density at radius 3 is 2.73 bits per heavy atom. The number of carbonyl (C=O) groups is 2. The van der Waals surface area contributed by atoms with Crippen LogP contribution in [0.25, 0.3) is 0 Å². The van der Waals surface area contributed by atoms with Crippen LogP contribution >= 0.6 is 0 Å². The van der Waals surface area contributed by atoms with Gasteiger partial charge in [-0.3, -0.25) is 4.79 Å². The Hall–Kier alpha value is -1.89. The number of carboxylic acids is 1. The summed E-state index contributed by atoms with van der Waals surface area (Å²) in [5, 5.41) is 15.3. The first kappa shape index (κ1) is 16.5. The molecule has 1 aliphatic carbocycles. The monoisotopic (exact) mass is 309 g/mol. The van der Waals surface area contributed by atoms with Gasteiger partial charge in [0.05, 0.1) is 12.2 Å². The molecule has 0 aliphatic heterocycles. The van der Waals surface area contributed by atoms with Crippen molar-refractivity contribution in [3.05, 3.63) is 17.5 Å². The van der Waals surface area contributed by atoms with Gasteiger partial charge in [0, 0.05) is 12.1 Å². The summed E-state index contributed by atoms with van der Waals surface area (Å²) in [4.78, 5) is 23.9. The zero-order valence-electron chi connectivity index (χ0n) is 13.4. The van der Waals surface area contributed by atoms with Gasteiger partial charge in [-0.05, 0) is 38.3 Å². The van der Waals surface area contributed by atoms with E-state index in [1.165, 1.54) is 0 Å². The zero-order valence-corrected chi connectivity index (χ0v) is 13.4. The number of rotatable bonds is 5. The number of hydrogen-bond donors (Lipinski definition) is 2. The highest BCUT2D eigenvalue weighted by molar-refractivity contribution is 6.31. The normalized spacial score (nSPS) is 23.1. The van der Waals surface area contributed by atoms with E-state index < -0.39 is 11.9 Å². The van der Waals surface area contributed by atoms with Gasteiger partial charge in [0.1, 0.15) is 0 Å². The average molecular weight is 309 g/mol. The van der Waals surface area contributed by atoms with Crippen molar-refractivity contribution in [2.24, 2.45) is 11.3 Å². The minimum atomic E-state index is -1.44.